The lowest BCUT2D eigenvalue weighted by molar-refractivity contribution is 0.997. The van der Waals surface area contributed by atoms with Crippen LogP contribution in [0.5, 0.6) is 0 Å². The van der Waals surface area contributed by atoms with Gasteiger partial charge in [-0.05, 0) is 18.2 Å². The highest BCUT2D eigenvalue weighted by atomic mass is 15.2. The van der Waals surface area contributed by atoms with Crippen molar-refractivity contribution in [3.8, 4) is 28.5 Å². The minimum absolute atomic E-state index is 0.634. The van der Waals surface area contributed by atoms with Crippen molar-refractivity contribution in [3.63, 3.8) is 0 Å². The molecule has 35 heavy (non-hydrogen) atoms. The third-order valence-electron chi connectivity index (χ3n) is 6.46. The van der Waals surface area contributed by atoms with Crippen LogP contribution in [-0.2, 0) is 0 Å². The molecule has 4 heteroatoms. The molecular formula is C31H20N4. The molecule has 0 spiro atoms. The second-order valence-corrected chi connectivity index (χ2v) is 8.56. The van der Waals surface area contributed by atoms with Gasteiger partial charge in [0, 0.05) is 33.5 Å². The van der Waals surface area contributed by atoms with Crippen LogP contribution in [0.25, 0.3) is 61.2 Å². The lowest BCUT2D eigenvalue weighted by Gasteiger charge is -2.12. The number of hydrogen-bond acceptors (Lipinski definition) is 3. The Morgan fingerprint density at radius 1 is 0.543 bits per heavy atom. The van der Waals surface area contributed by atoms with Gasteiger partial charge in [-0.25, -0.2) is 9.97 Å². The molecule has 3 heterocycles. The quantitative estimate of drug-likeness (QED) is 0.282. The normalized spacial score (nSPS) is 11.4. The third kappa shape index (κ3) is 3.19. The van der Waals surface area contributed by atoms with Gasteiger partial charge in [-0.2, -0.15) is 0 Å². The van der Waals surface area contributed by atoms with Crippen molar-refractivity contribution in [2.75, 3.05) is 0 Å². The molecule has 4 nitrogen and oxygen atoms in total. The Balaban J connectivity index is 1.62. The van der Waals surface area contributed by atoms with E-state index in [0.717, 1.165) is 55.2 Å². The number of pyridine rings is 1. The van der Waals surface area contributed by atoms with E-state index in [1.54, 1.807) is 0 Å². The standard InChI is InChI=1S/C31H20N4/c1-3-10-21(11-4-1)26-20-27(22-12-5-2-6-13-22)34-31(33-26)35-28-16-8-7-15-24(28)25-18-17-23-14-9-19-32-29(23)30(25)35/h1-20H. The monoisotopic (exact) mass is 448 g/mol. The summed E-state index contributed by atoms with van der Waals surface area (Å²) < 4.78 is 2.17. The Kier molecular flexibility index (Phi) is 4.42. The largest absolute Gasteiger partial charge is 0.276 e. The molecule has 0 saturated heterocycles. The van der Waals surface area contributed by atoms with Crippen LogP contribution in [0.15, 0.2) is 121 Å². The van der Waals surface area contributed by atoms with Crippen LogP contribution in [0.1, 0.15) is 0 Å². The van der Waals surface area contributed by atoms with Gasteiger partial charge in [0.05, 0.1) is 27.9 Å². The maximum atomic E-state index is 5.10. The lowest BCUT2D eigenvalue weighted by Crippen LogP contribution is -2.04. The first-order valence-corrected chi connectivity index (χ1v) is 11.6. The highest BCUT2D eigenvalue weighted by molar-refractivity contribution is 6.17. The summed E-state index contributed by atoms with van der Waals surface area (Å²) in [5, 5.41) is 3.39. The van der Waals surface area contributed by atoms with E-state index in [4.69, 9.17) is 15.0 Å². The Morgan fingerprint density at radius 2 is 1.20 bits per heavy atom. The minimum Gasteiger partial charge on any atom is -0.276 e. The number of hydrogen-bond donors (Lipinski definition) is 0. The van der Waals surface area contributed by atoms with E-state index >= 15 is 0 Å². The van der Waals surface area contributed by atoms with E-state index in [1.807, 2.05) is 48.7 Å². The molecule has 7 aromatic rings. The fourth-order valence-electron chi connectivity index (χ4n) is 4.85. The van der Waals surface area contributed by atoms with Crippen LogP contribution in [0.2, 0.25) is 0 Å². The number of aromatic nitrogens is 4. The second-order valence-electron chi connectivity index (χ2n) is 8.56. The van der Waals surface area contributed by atoms with Gasteiger partial charge in [-0.3, -0.25) is 9.55 Å². The van der Waals surface area contributed by atoms with E-state index in [2.05, 4.69) is 77.4 Å². The Hall–Kier alpha value is -4.83. The van der Waals surface area contributed by atoms with Crippen LogP contribution in [0, 0.1) is 0 Å². The summed E-state index contributed by atoms with van der Waals surface area (Å²) in [5.74, 6) is 0.634. The smallest absolute Gasteiger partial charge is 0.235 e. The predicted octanol–water partition coefficient (Wildman–Crippen LogP) is 7.46. The number of para-hydroxylation sites is 1. The molecule has 7 rings (SSSR count). The van der Waals surface area contributed by atoms with Crippen LogP contribution >= 0.6 is 0 Å². The Morgan fingerprint density at radius 3 is 1.91 bits per heavy atom. The predicted molar refractivity (Wildman–Crippen MR) is 143 cm³/mol. The molecule has 0 aliphatic carbocycles. The van der Waals surface area contributed by atoms with Gasteiger partial charge in [0.15, 0.2) is 0 Å². The van der Waals surface area contributed by atoms with Crippen molar-refractivity contribution in [1.82, 2.24) is 19.5 Å². The molecule has 0 N–H and O–H groups in total. The SMILES string of the molecule is c1ccc(-c2cc(-c3ccccc3)nc(-n3c4ccccc4c4ccc5cccnc5c43)n2)cc1. The van der Waals surface area contributed by atoms with Crippen molar-refractivity contribution < 1.29 is 0 Å². The first kappa shape index (κ1) is 19.6. The Labute approximate surface area is 202 Å². The Bertz CT molecular complexity index is 1780. The molecule has 0 unspecified atom stereocenters. The van der Waals surface area contributed by atoms with E-state index in [9.17, 15) is 0 Å². The summed E-state index contributed by atoms with van der Waals surface area (Å²) in [4.78, 5) is 15.0. The van der Waals surface area contributed by atoms with Crippen LogP contribution in [-0.4, -0.2) is 19.5 Å². The van der Waals surface area contributed by atoms with Crippen molar-refractivity contribution in [2.45, 2.75) is 0 Å². The number of benzene rings is 4. The molecule has 0 aliphatic heterocycles. The first-order chi connectivity index (χ1) is 17.4. The van der Waals surface area contributed by atoms with E-state index in [-0.39, 0.29) is 0 Å². The lowest BCUT2D eigenvalue weighted by atomic mass is 10.1. The zero-order chi connectivity index (χ0) is 23.2. The van der Waals surface area contributed by atoms with Crippen LogP contribution < -0.4 is 0 Å². The van der Waals surface area contributed by atoms with E-state index in [0.29, 0.717) is 5.95 Å². The first-order valence-electron chi connectivity index (χ1n) is 11.6. The van der Waals surface area contributed by atoms with E-state index < -0.39 is 0 Å². The van der Waals surface area contributed by atoms with Gasteiger partial charge in [-0.1, -0.05) is 97.1 Å². The minimum atomic E-state index is 0.634. The molecule has 3 aromatic heterocycles. The molecule has 0 aliphatic rings. The maximum Gasteiger partial charge on any atom is 0.235 e. The summed E-state index contributed by atoms with van der Waals surface area (Å²) in [6, 6.07) is 39.4. The van der Waals surface area contributed by atoms with Gasteiger partial charge in [-0.15, -0.1) is 0 Å². The average Bonchev–Trinajstić information content (AvgIpc) is 3.29. The molecule has 0 radical (unpaired) electrons. The summed E-state index contributed by atoms with van der Waals surface area (Å²) in [7, 11) is 0. The maximum absolute atomic E-state index is 5.10. The molecule has 0 bridgehead atoms. The average molecular weight is 449 g/mol. The van der Waals surface area contributed by atoms with Gasteiger partial charge in [0.1, 0.15) is 0 Å². The molecule has 0 fully saturated rings. The van der Waals surface area contributed by atoms with Gasteiger partial charge >= 0.3 is 0 Å². The molecule has 4 aromatic carbocycles. The fraction of sp³-hybridized carbons (Fsp3) is 0. The van der Waals surface area contributed by atoms with E-state index in [1.165, 1.54) is 0 Å². The second kappa shape index (κ2) is 7.89. The molecule has 164 valence electrons. The van der Waals surface area contributed by atoms with Crippen molar-refractivity contribution in [2.24, 2.45) is 0 Å². The zero-order valence-electron chi connectivity index (χ0n) is 18.8. The summed E-state index contributed by atoms with van der Waals surface area (Å²) >= 11 is 0. The zero-order valence-corrected chi connectivity index (χ0v) is 18.8. The molecule has 0 amide bonds. The summed E-state index contributed by atoms with van der Waals surface area (Å²) in [6.07, 6.45) is 1.85. The van der Waals surface area contributed by atoms with Gasteiger partial charge in [0.2, 0.25) is 5.95 Å². The third-order valence-corrected chi connectivity index (χ3v) is 6.46. The number of rotatable bonds is 3. The molecular weight excluding hydrogens is 428 g/mol. The van der Waals surface area contributed by atoms with Crippen molar-refractivity contribution in [3.05, 3.63) is 121 Å². The summed E-state index contributed by atoms with van der Waals surface area (Å²) in [6.45, 7) is 0. The molecule has 0 saturated carbocycles. The van der Waals surface area contributed by atoms with Crippen molar-refractivity contribution in [1.29, 1.82) is 0 Å². The van der Waals surface area contributed by atoms with Gasteiger partial charge < -0.3 is 0 Å². The van der Waals surface area contributed by atoms with Crippen molar-refractivity contribution >= 4 is 32.7 Å². The number of nitrogens with zero attached hydrogens (tertiary/aromatic N) is 4. The van der Waals surface area contributed by atoms with Crippen LogP contribution in [0.3, 0.4) is 0 Å². The topological polar surface area (TPSA) is 43.6 Å². The molecule has 0 atom stereocenters. The highest BCUT2D eigenvalue weighted by Gasteiger charge is 2.18. The fourth-order valence-corrected chi connectivity index (χ4v) is 4.85. The van der Waals surface area contributed by atoms with Gasteiger partial charge in [0.25, 0.3) is 0 Å². The highest BCUT2D eigenvalue weighted by Crippen LogP contribution is 2.36. The summed E-state index contributed by atoms with van der Waals surface area (Å²) in [5.41, 5.74) is 6.89. The van der Waals surface area contributed by atoms with Crippen LogP contribution in [0.4, 0.5) is 0 Å². The number of fused-ring (bicyclic) bond motifs is 5.